The van der Waals surface area contributed by atoms with Gasteiger partial charge in [-0.1, -0.05) is 18.2 Å². The minimum atomic E-state index is -3.55. The molecule has 4 aromatic rings. The van der Waals surface area contributed by atoms with Crippen LogP contribution in [0.25, 0.3) is 20.5 Å². The average molecular weight is 469 g/mol. The molecule has 0 aliphatic rings. The number of carbonyl (C=O) groups excluding carboxylic acids is 1. The quantitative estimate of drug-likeness (QED) is 0.429. The summed E-state index contributed by atoms with van der Waals surface area (Å²) in [6.45, 7) is 1.40. The summed E-state index contributed by atoms with van der Waals surface area (Å²) in [5.41, 5.74) is 1.39. The number of nitrogens with one attached hydrogen (secondary N) is 2. The third-order valence-corrected chi connectivity index (χ3v) is 6.67. The van der Waals surface area contributed by atoms with Gasteiger partial charge in [-0.2, -0.15) is 0 Å². The molecule has 32 heavy (non-hydrogen) atoms. The number of hydrogen-bond donors (Lipinski definition) is 2. The number of thiophene rings is 1. The van der Waals surface area contributed by atoms with Crippen molar-refractivity contribution in [2.45, 2.75) is 11.9 Å². The molecule has 1 amide bonds. The molecule has 2 N–H and O–H groups in total. The summed E-state index contributed by atoms with van der Waals surface area (Å²) in [7, 11) is -2.10. The Labute approximate surface area is 189 Å². The van der Waals surface area contributed by atoms with Gasteiger partial charge < -0.3 is 15.4 Å². The molecule has 0 spiro atoms. The zero-order valence-electron chi connectivity index (χ0n) is 17.5. The Morgan fingerprint density at radius 1 is 1.09 bits per heavy atom. The number of aromatic nitrogens is 2. The smallest absolute Gasteiger partial charge is 0.222 e. The van der Waals surface area contributed by atoms with Crippen LogP contribution in [0.2, 0.25) is 0 Å². The second kappa shape index (κ2) is 8.56. The molecule has 1 aromatic carbocycles. The van der Waals surface area contributed by atoms with E-state index in [-0.39, 0.29) is 16.8 Å². The number of sulfone groups is 1. The Hall–Kier alpha value is -3.50. The maximum absolute atomic E-state index is 12.1. The number of nitrogens with zero attached hydrogens (tertiary/aromatic N) is 2. The van der Waals surface area contributed by atoms with E-state index in [4.69, 9.17) is 4.74 Å². The number of benzene rings is 1. The SMILES string of the molecule is COc1cc(Nc2cc(NC(C)=O)ncc2-c2cc3ccccc3s2)nc(S(C)(=O)=O)c1. The number of pyridine rings is 2. The minimum absolute atomic E-state index is 0.112. The van der Waals surface area contributed by atoms with Crippen molar-refractivity contribution in [1.29, 1.82) is 0 Å². The number of hydrogen-bond acceptors (Lipinski definition) is 8. The maximum atomic E-state index is 12.1. The van der Waals surface area contributed by atoms with E-state index < -0.39 is 9.84 Å². The molecular formula is C22H20N4O4S2. The van der Waals surface area contributed by atoms with Crippen LogP contribution in [0.15, 0.2) is 59.8 Å². The summed E-state index contributed by atoms with van der Waals surface area (Å²) in [5, 5.41) is 6.83. The van der Waals surface area contributed by atoms with Crippen LogP contribution >= 0.6 is 11.3 Å². The summed E-state index contributed by atoms with van der Waals surface area (Å²) in [6, 6.07) is 14.7. The zero-order valence-corrected chi connectivity index (χ0v) is 19.2. The molecule has 0 unspecified atom stereocenters. The normalized spacial score (nSPS) is 11.3. The van der Waals surface area contributed by atoms with Gasteiger partial charge in [-0.15, -0.1) is 11.3 Å². The van der Waals surface area contributed by atoms with Gasteiger partial charge >= 0.3 is 0 Å². The zero-order chi connectivity index (χ0) is 22.9. The van der Waals surface area contributed by atoms with Gasteiger partial charge in [0.1, 0.15) is 17.4 Å². The Morgan fingerprint density at radius 3 is 2.56 bits per heavy atom. The highest BCUT2D eigenvalue weighted by molar-refractivity contribution is 7.90. The summed E-state index contributed by atoms with van der Waals surface area (Å²) < 4.78 is 30.5. The Morgan fingerprint density at radius 2 is 1.88 bits per heavy atom. The first-order chi connectivity index (χ1) is 15.2. The van der Waals surface area contributed by atoms with E-state index in [1.807, 2.05) is 24.3 Å². The number of ether oxygens (including phenoxy) is 1. The molecule has 0 radical (unpaired) electrons. The lowest BCUT2D eigenvalue weighted by atomic mass is 10.1. The number of amides is 1. The summed E-state index contributed by atoms with van der Waals surface area (Å²) >= 11 is 1.60. The predicted octanol–water partition coefficient (Wildman–Crippen LogP) is 4.47. The highest BCUT2D eigenvalue weighted by atomic mass is 32.2. The first-order valence-corrected chi connectivity index (χ1v) is 12.2. The van der Waals surface area contributed by atoms with Crippen LogP contribution in [0.4, 0.5) is 17.3 Å². The highest BCUT2D eigenvalue weighted by Crippen LogP contribution is 2.39. The van der Waals surface area contributed by atoms with Crippen LogP contribution in [0.1, 0.15) is 6.92 Å². The lowest BCUT2D eigenvalue weighted by molar-refractivity contribution is -0.114. The van der Waals surface area contributed by atoms with Crippen molar-refractivity contribution in [3.8, 4) is 16.2 Å². The fourth-order valence-electron chi connectivity index (χ4n) is 3.11. The lowest BCUT2D eigenvalue weighted by Crippen LogP contribution is -2.08. The summed E-state index contributed by atoms with van der Waals surface area (Å²) in [6.07, 6.45) is 2.75. The van der Waals surface area contributed by atoms with Gasteiger partial charge in [0, 0.05) is 52.7 Å². The fourth-order valence-corrected chi connectivity index (χ4v) is 4.79. The highest BCUT2D eigenvalue weighted by Gasteiger charge is 2.16. The Balaban J connectivity index is 1.83. The van der Waals surface area contributed by atoms with E-state index in [9.17, 15) is 13.2 Å². The minimum Gasteiger partial charge on any atom is -0.497 e. The van der Waals surface area contributed by atoms with E-state index in [0.29, 0.717) is 17.3 Å². The van der Waals surface area contributed by atoms with Gasteiger partial charge in [0.15, 0.2) is 14.9 Å². The Bertz CT molecular complexity index is 1400. The van der Waals surface area contributed by atoms with Crippen LogP contribution in [0, 0.1) is 0 Å². The maximum Gasteiger partial charge on any atom is 0.222 e. The first kappa shape index (κ1) is 21.7. The second-order valence-electron chi connectivity index (χ2n) is 7.07. The number of rotatable bonds is 6. The topological polar surface area (TPSA) is 110 Å². The largest absolute Gasteiger partial charge is 0.497 e. The molecule has 0 fully saturated rings. The van der Waals surface area contributed by atoms with Gasteiger partial charge in [-0.25, -0.2) is 18.4 Å². The van der Waals surface area contributed by atoms with Crippen molar-refractivity contribution in [2.75, 3.05) is 24.0 Å². The molecule has 10 heteroatoms. The van der Waals surface area contributed by atoms with E-state index in [1.54, 1.807) is 29.7 Å². The summed E-state index contributed by atoms with van der Waals surface area (Å²) in [4.78, 5) is 21.1. The number of anilines is 3. The average Bonchev–Trinajstić information content (AvgIpc) is 3.16. The molecule has 164 valence electrons. The predicted molar refractivity (Wildman–Crippen MR) is 127 cm³/mol. The molecule has 0 saturated carbocycles. The number of methoxy groups -OCH3 is 1. The van der Waals surface area contributed by atoms with Crippen molar-refractivity contribution in [1.82, 2.24) is 9.97 Å². The van der Waals surface area contributed by atoms with Gasteiger partial charge in [-0.05, 0) is 17.5 Å². The van der Waals surface area contributed by atoms with E-state index >= 15 is 0 Å². The molecule has 3 aromatic heterocycles. The molecule has 0 saturated heterocycles. The number of fused-ring (bicyclic) bond motifs is 1. The standard InChI is InChI=1S/C22H20N4O4S2/c1-13(27)24-20-11-17(25-21-9-15(30-2)10-22(26-21)32(3,28)29)16(12-23-20)19-8-14-6-4-5-7-18(14)31-19/h4-12H,1-3H3,(H2,23,24,25,26,27). The molecular weight excluding hydrogens is 448 g/mol. The van der Waals surface area contributed by atoms with Gasteiger partial charge in [0.05, 0.1) is 12.8 Å². The first-order valence-electron chi connectivity index (χ1n) is 9.52. The molecule has 4 rings (SSSR count). The van der Waals surface area contributed by atoms with Crippen LogP contribution < -0.4 is 15.4 Å². The van der Waals surface area contributed by atoms with Crippen molar-refractivity contribution < 1.29 is 17.9 Å². The molecule has 0 bridgehead atoms. The van der Waals surface area contributed by atoms with Gasteiger partial charge in [0.2, 0.25) is 5.91 Å². The van der Waals surface area contributed by atoms with Crippen LogP contribution in [0.5, 0.6) is 5.75 Å². The van der Waals surface area contributed by atoms with E-state index in [1.165, 1.54) is 20.1 Å². The van der Waals surface area contributed by atoms with Crippen molar-refractivity contribution in [2.24, 2.45) is 0 Å². The monoisotopic (exact) mass is 468 g/mol. The van der Waals surface area contributed by atoms with Crippen LogP contribution in [-0.2, 0) is 14.6 Å². The second-order valence-corrected chi connectivity index (χ2v) is 10.1. The van der Waals surface area contributed by atoms with Crippen molar-refractivity contribution >= 4 is 54.5 Å². The molecule has 8 nitrogen and oxygen atoms in total. The van der Waals surface area contributed by atoms with Crippen molar-refractivity contribution in [3.63, 3.8) is 0 Å². The van der Waals surface area contributed by atoms with Gasteiger partial charge in [0.25, 0.3) is 0 Å². The third kappa shape index (κ3) is 4.71. The van der Waals surface area contributed by atoms with E-state index in [0.717, 1.165) is 26.8 Å². The van der Waals surface area contributed by atoms with Crippen LogP contribution in [-0.4, -0.2) is 37.7 Å². The lowest BCUT2D eigenvalue weighted by Gasteiger charge is -2.14. The van der Waals surface area contributed by atoms with E-state index in [2.05, 4.69) is 26.7 Å². The molecule has 0 aliphatic carbocycles. The molecule has 3 heterocycles. The van der Waals surface area contributed by atoms with Crippen molar-refractivity contribution in [3.05, 3.63) is 54.7 Å². The molecule has 0 aliphatic heterocycles. The number of carbonyl (C=O) groups is 1. The fraction of sp³-hybridized carbons (Fsp3) is 0.136. The van der Waals surface area contributed by atoms with Crippen LogP contribution in [0.3, 0.4) is 0 Å². The molecule has 0 atom stereocenters. The Kier molecular flexibility index (Phi) is 5.81. The third-order valence-electron chi connectivity index (χ3n) is 4.55. The summed E-state index contributed by atoms with van der Waals surface area (Å²) in [5.74, 6) is 0.739. The van der Waals surface area contributed by atoms with Gasteiger partial charge in [-0.3, -0.25) is 4.79 Å².